The predicted octanol–water partition coefficient (Wildman–Crippen LogP) is 1.28. The topological polar surface area (TPSA) is 55.1 Å². The smallest absolute Gasteiger partial charge is 0.225 e. The third-order valence-corrected chi connectivity index (χ3v) is 2.81. The van der Waals surface area contributed by atoms with Crippen LogP contribution in [-0.4, -0.2) is 18.5 Å². The molecule has 0 bridgehead atoms. The highest BCUT2D eigenvalue weighted by Crippen LogP contribution is 2.23. The van der Waals surface area contributed by atoms with Crippen molar-refractivity contribution in [3.05, 3.63) is 0 Å². The van der Waals surface area contributed by atoms with E-state index in [2.05, 4.69) is 5.32 Å². The van der Waals surface area contributed by atoms with Gasteiger partial charge in [0.1, 0.15) is 0 Å². The highest BCUT2D eigenvalue weighted by atomic mass is 16.2. The van der Waals surface area contributed by atoms with Gasteiger partial charge in [0.05, 0.1) is 0 Å². The van der Waals surface area contributed by atoms with E-state index in [0.29, 0.717) is 12.0 Å². The Balaban J connectivity index is 2.24. The Morgan fingerprint density at radius 1 is 1.43 bits per heavy atom. The van der Waals surface area contributed by atoms with E-state index in [1.807, 2.05) is 20.8 Å². The summed E-state index contributed by atoms with van der Waals surface area (Å²) in [5.41, 5.74) is 5.53. The van der Waals surface area contributed by atoms with E-state index in [-0.39, 0.29) is 11.3 Å². The van der Waals surface area contributed by atoms with Crippen molar-refractivity contribution in [1.82, 2.24) is 5.32 Å². The zero-order valence-electron chi connectivity index (χ0n) is 9.47. The minimum absolute atomic E-state index is 0.137. The molecule has 0 heterocycles. The summed E-state index contributed by atoms with van der Waals surface area (Å²) < 4.78 is 0. The van der Waals surface area contributed by atoms with Gasteiger partial charge in [0.2, 0.25) is 5.91 Å². The molecule has 14 heavy (non-hydrogen) atoms. The largest absolute Gasteiger partial charge is 0.355 e. The first-order chi connectivity index (χ1) is 6.39. The first kappa shape index (κ1) is 11.5. The highest BCUT2D eigenvalue weighted by molar-refractivity contribution is 5.81. The number of hydrogen-bond donors (Lipinski definition) is 2. The standard InChI is InChI=1S/C11H22N2O/c1-11(2,3)10(14)13-7-8-4-5-9(12)6-8/h8-9H,4-7,12H2,1-3H3,(H,13,14)/t8-,9+/m1/s1. The van der Waals surface area contributed by atoms with Crippen molar-refractivity contribution in [3.63, 3.8) is 0 Å². The number of amides is 1. The van der Waals surface area contributed by atoms with Crippen molar-refractivity contribution in [2.75, 3.05) is 6.54 Å². The number of nitrogens with two attached hydrogens (primary N) is 1. The van der Waals surface area contributed by atoms with Crippen LogP contribution in [-0.2, 0) is 4.79 Å². The molecule has 3 nitrogen and oxygen atoms in total. The van der Waals surface area contributed by atoms with Crippen molar-refractivity contribution < 1.29 is 4.79 Å². The van der Waals surface area contributed by atoms with Gasteiger partial charge in [-0.15, -0.1) is 0 Å². The highest BCUT2D eigenvalue weighted by Gasteiger charge is 2.25. The van der Waals surface area contributed by atoms with E-state index in [1.165, 1.54) is 0 Å². The van der Waals surface area contributed by atoms with Gasteiger partial charge in [-0.2, -0.15) is 0 Å². The monoisotopic (exact) mass is 198 g/mol. The van der Waals surface area contributed by atoms with Crippen LogP contribution in [0.4, 0.5) is 0 Å². The van der Waals surface area contributed by atoms with Gasteiger partial charge >= 0.3 is 0 Å². The van der Waals surface area contributed by atoms with Crippen molar-refractivity contribution in [2.45, 2.75) is 46.1 Å². The molecule has 0 aliphatic heterocycles. The number of rotatable bonds is 2. The third-order valence-electron chi connectivity index (χ3n) is 2.81. The van der Waals surface area contributed by atoms with Crippen LogP contribution in [0.1, 0.15) is 40.0 Å². The number of carbonyl (C=O) groups is 1. The molecule has 1 rings (SSSR count). The summed E-state index contributed by atoms with van der Waals surface area (Å²) in [7, 11) is 0. The second kappa shape index (κ2) is 4.30. The second-order valence-electron chi connectivity index (χ2n) is 5.40. The fourth-order valence-electron chi connectivity index (χ4n) is 1.80. The maximum atomic E-state index is 11.6. The zero-order chi connectivity index (χ0) is 10.8. The Kier molecular flexibility index (Phi) is 3.53. The maximum absolute atomic E-state index is 11.6. The van der Waals surface area contributed by atoms with Crippen molar-refractivity contribution in [3.8, 4) is 0 Å². The molecule has 1 saturated carbocycles. The average Bonchev–Trinajstić information content (AvgIpc) is 2.45. The molecule has 0 spiro atoms. The van der Waals surface area contributed by atoms with Crippen LogP contribution in [0, 0.1) is 11.3 Å². The first-order valence-electron chi connectivity index (χ1n) is 5.43. The molecule has 1 aliphatic rings. The predicted molar refractivity (Wildman–Crippen MR) is 57.8 cm³/mol. The Morgan fingerprint density at radius 3 is 2.50 bits per heavy atom. The summed E-state index contributed by atoms with van der Waals surface area (Å²) in [6.07, 6.45) is 3.33. The molecule has 3 heteroatoms. The lowest BCUT2D eigenvalue weighted by Crippen LogP contribution is -2.37. The number of carbonyl (C=O) groups excluding carboxylic acids is 1. The summed E-state index contributed by atoms with van der Waals surface area (Å²) in [4.78, 5) is 11.6. The molecule has 0 aromatic rings. The average molecular weight is 198 g/mol. The van der Waals surface area contributed by atoms with E-state index in [1.54, 1.807) is 0 Å². The molecule has 0 saturated heterocycles. The molecule has 1 amide bonds. The van der Waals surface area contributed by atoms with E-state index < -0.39 is 0 Å². The van der Waals surface area contributed by atoms with Crippen LogP contribution in [0.5, 0.6) is 0 Å². The van der Waals surface area contributed by atoms with Gasteiger partial charge in [0, 0.05) is 18.0 Å². The normalized spacial score (nSPS) is 27.7. The molecule has 2 atom stereocenters. The molecule has 1 fully saturated rings. The lowest BCUT2D eigenvalue weighted by Gasteiger charge is -2.19. The Labute approximate surface area is 86.4 Å². The van der Waals surface area contributed by atoms with Crippen molar-refractivity contribution in [2.24, 2.45) is 17.1 Å². The first-order valence-corrected chi connectivity index (χ1v) is 5.43. The summed E-state index contributed by atoms with van der Waals surface area (Å²) in [6.45, 7) is 6.60. The van der Waals surface area contributed by atoms with Gasteiger partial charge in [0.15, 0.2) is 0 Å². The summed E-state index contributed by atoms with van der Waals surface area (Å²) in [5, 5.41) is 2.99. The Bertz CT molecular complexity index is 208. The molecular formula is C11H22N2O. The van der Waals surface area contributed by atoms with Crippen LogP contribution in [0.3, 0.4) is 0 Å². The van der Waals surface area contributed by atoms with Gasteiger partial charge in [-0.25, -0.2) is 0 Å². The van der Waals surface area contributed by atoms with Gasteiger partial charge in [-0.05, 0) is 25.2 Å². The second-order valence-corrected chi connectivity index (χ2v) is 5.40. The SMILES string of the molecule is CC(C)(C)C(=O)NC[C@@H]1CC[C@H](N)C1. The molecule has 1 aliphatic carbocycles. The van der Waals surface area contributed by atoms with Crippen LogP contribution in [0.15, 0.2) is 0 Å². The molecule has 0 unspecified atom stereocenters. The quantitative estimate of drug-likeness (QED) is 0.702. The van der Waals surface area contributed by atoms with Gasteiger partial charge in [0.25, 0.3) is 0 Å². The van der Waals surface area contributed by atoms with Crippen LogP contribution in [0.2, 0.25) is 0 Å². The van der Waals surface area contributed by atoms with Gasteiger partial charge in [-0.1, -0.05) is 20.8 Å². The number of nitrogens with one attached hydrogen (secondary N) is 1. The molecule has 0 aromatic heterocycles. The van der Waals surface area contributed by atoms with E-state index in [4.69, 9.17) is 5.73 Å². The zero-order valence-corrected chi connectivity index (χ0v) is 9.47. The van der Waals surface area contributed by atoms with Crippen LogP contribution in [0.25, 0.3) is 0 Å². The maximum Gasteiger partial charge on any atom is 0.225 e. The summed E-state index contributed by atoms with van der Waals surface area (Å²) in [6, 6.07) is 0.353. The fourth-order valence-corrected chi connectivity index (χ4v) is 1.80. The molecule has 0 aromatic carbocycles. The Hall–Kier alpha value is -0.570. The summed E-state index contributed by atoms with van der Waals surface area (Å²) >= 11 is 0. The Morgan fingerprint density at radius 2 is 2.07 bits per heavy atom. The van der Waals surface area contributed by atoms with Gasteiger partial charge < -0.3 is 11.1 Å². The van der Waals surface area contributed by atoms with E-state index in [9.17, 15) is 4.79 Å². The lowest BCUT2D eigenvalue weighted by atomic mass is 9.95. The van der Waals surface area contributed by atoms with Gasteiger partial charge in [-0.3, -0.25) is 4.79 Å². The molecule has 82 valence electrons. The third kappa shape index (κ3) is 3.29. The fraction of sp³-hybridized carbons (Fsp3) is 0.909. The van der Waals surface area contributed by atoms with Crippen molar-refractivity contribution >= 4 is 5.91 Å². The lowest BCUT2D eigenvalue weighted by molar-refractivity contribution is -0.128. The van der Waals surface area contributed by atoms with E-state index >= 15 is 0 Å². The van der Waals surface area contributed by atoms with Crippen LogP contribution < -0.4 is 11.1 Å². The summed E-state index contributed by atoms with van der Waals surface area (Å²) in [5.74, 6) is 0.731. The van der Waals surface area contributed by atoms with Crippen LogP contribution >= 0.6 is 0 Å². The minimum atomic E-state index is -0.277. The molecule has 3 N–H and O–H groups in total. The molecule has 0 radical (unpaired) electrons. The number of hydrogen-bond acceptors (Lipinski definition) is 2. The van der Waals surface area contributed by atoms with E-state index in [0.717, 1.165) is 25.8 Å². The minimum Gasteiger partial charge on any atom is -0.355 e. The molecular weight excluding hydrogens is 176 g/mol. The van der Waals surface area contributed by atoms with Crippen molar-refractivity contribution in [1.29, 1.82) is 0 Å².